The Morgan fingerprint density at radius 3 is 2.34 bits per heavy atom. The number of aromatic carboxylic acids is 1. The first-order chi connectivity index (χ1) is 13.8. The molecule has 10 nitrogen and oxygen atoms in total. The van der Waals surface area contributed by atoms with Gasteiger partial charge in [-0.2, -0.15) is 5.10 Å². The van der Waals surface area contributed by atoms with Gasteiger partial charge in [-0.3, -0.25) is 4.79 Å². The Kier molecular flexibility index (Phi) is 5.33. The molecule has 2 aromatic heterocycles. The van der Waals surface area contributed by atoms with Crippen molar-refractivity contribution in [3.8, 4) is 0 Å². The zero-order valence-corrected chi connectivity index (χ0v) is 16.1. The van der Waals surface area contributed by atoms with Gasteiger partial charge in [0.15, 0.2) is 5.69 Å². The van der Waals surface area contributed by atoms with Crippen LogP contribution in [0.1, 0.15) is 36.1 Å². The summed E-state index contributed by atoms with van der Waals surface area (Å²) in [6.07, 6.45) is 0. The van der Waals surface area contributed by atoms with Crippen LogP contribution in [0.25, 0.3) is 10.8 Å². The molecule has 0 radical (unpaired) electrons. The number of nitrogen functional groups attached to an aromatic ring is 1. The number of carbonyl (C=O) groups is 3. The number of anilines is 1. The first-order valence-electron chi connectivity index (χ1n) is 8.11. The van der Waals surface area contributed by atoms with Gasteiger partial charge in [-0.1, -0.05) is 18.2 Å². The number of carboxylic acids is 1. The van der Waals surface area contributed by atoms with Crippen molar-refractivity contribution in [2.75, 3.05) is 20.0 Å². The molecule has 0 saturated heterocycles. The first kappa shape index (κ1) is 20.0. The SMILES string of the molecule is COC(=O)c1sc(N)c(C(=O)OC)c1Cn1nc(C(=O)O)c2ccccc2c1=O. The molecule has 3 rings (SSSR count). The number of methoxy groups -OCH3 is 2. The fourth-order valence-corrected chi connectivity index (χ4v) is 3.85. The number of thiophene rings is 1. The van der Waals surface area contributed by atoms with E-state index in [0.29, 0.717) is 0 Å². The molecule has 0 bridgehead atoms. The third-order valence-electron chi connectivity index (χ3n) is 4.17. The van der Waals surface area contributed by atoms with E-state index in [2.05, 4.69) is 5.10 Å². The van der Waals surface area contributed by atoms with Crippen LogP contribution in [0, 0.1) is 0 Å². The number of carbonyl (C=O) groups excluding carboxylic acids is 2. The van der Waals surface area contributed by atoms with Crippen molar-refractivity contribution < 1.29 is 29.0 Å². The van der Waals surface area contributed by atoms with Gasteiger partial charge in [-0.05, 0) is 6.07 Å². The maximum Gasteiger partial charge on any atom is 0.357 e. The molecule has 3 N–H and O–H groups in total. The highest BCUT2D eigenvalue weighted by molar-refractivity contribution is 7.18. The highest BCUT2D eigenvalue weighted by atomic mass is 32.1. The van der Waals surface area contributed by atoms with E-state index in [-0.39, 0.29) is 44.0 Å². The molecule has 0 spiro atoms. The Morgan fingerprint density at radius 1 is 1.14 bits per heavy atom. The van der Waals surface area contributed by atoms with E-state index in [1.165, 1.54) is 12.1 Å². The van der Waals surface area contributed by atoms with Gasteiger partial charge in [0, 0.05) is 10.9 Å². The smallest absolute Gasteiger partial charge is 0.357 e. The number of benzene rings is 1. The fraction of sp³-hybridized carbons (Fsp3) is 0.167. The van der Waals surface area contributed by atoms with Crippen LogP contribution in [-0.2, 0) is 16.0 Å². The van der Waals surface area contributed by atoms with Gasteiger partial charge >= 0.3 is 17.9 Å². The second-order valence-corrected chi connectivity index (χ2v) is 6.85. The van der Waals surface area contributed by atoms with E-state index in [1.54, 1.807) is 12.1 Å². The molecule has 0 amide bonds. The molecule has 11 heteroatoms. The molecule has 2 heterocycles. The lowest BCUT2D eigenvalue weighted by Crippen LogP contribution is -2.27. The lowest BCUT2D eigenvalue weighted by atomic mass is 10.1. The fourth-order valence-electron chi connectivity index (χ4n) is 2.87. The topological polar surface area (TPSA) is 151 Å². The normalized spacial score (nSPS) is 10.7. The number of ether oxygens (including phenoxy) is 2. The first-order valence-corrected chi connectivity index (χ1v) is 8.92. The zero-order valence-electron chi connectivity index (χ0n) is 15.3. The van der Waals surface area contributed by atoms with Crippen LogP contribution in [-0.4, -0.2) is 47.0 Å². The van der Waals surface area contributed by atoms with Gasteiger partial charge in [0.1, 0.15) is 9.88 Å². The Bertz CT molecular complexity index is 1210. The average Bonchev–Trinajstić information content (AvgIpc) is 3.04. The Balaban J connectivity index is 2.28. The quantitative estimate of drug-likeness (QED) is 0.586. The van der Waals surface area contributed by atoms with Crippen molar-refractivity contribution in [3.05, 3.63) is 56.3 Å². The molecule has 0 atom stereocenters. The summed E-state index contributed by atoms with van der Waals surface area (Å²) >= 11 is 0.800. The molecule has 0 aliphatic carbocycles. The third kappa shape index (κ3) is 3.43. The number of nitrogens with two attached hydrogens (primary N) is 1. The average molecular weight is 417 g/mol. The maximum absolute atomic E-state index is 12.9. The van der Waals surface area contributed by atoms with E-state index in [0.717, 1.165) is 30.2 Å². The number of esters is 2. The number of carboxylic acid groups (broad SMARTS) is 1. The molecule has 0 fully saturated rings. The van der Waals surface area contributed by atoms with E-state index in [9.17, 15) is 24.3 Å². The highest BCUT2D eigenvalue weighted by Crippen LogP contribution is 2.33. The number of rotatable bonds is 5. The second-order valence-electron chi connectivity index (χ2n) is 5.79. The Morgan fingerprint density at radius 2 is 1.76 bits per heavy atom. The third-order valence-corrected chi connectivity index (χ3v) is 5.21. The summed E-state index contributed by atoms with van der Waals surface area (Å²) in [6.45, 7) is -0.382. The summed E-state index contributed by atoms with van der Waals surface area (Å²) in [6, 6.07) is 6.11. The largest absolute Gasteiger partial charge is 0.476 e. The number of aromatic nitrogens is 2. The van der Waals surface area contributed by atoms with Gasteiger partial charge in [-0.15, -0.1) is 11.3 Å². The lowest BCUT2D eigenvalue weighted by Gasteiger charge is -2.10. The zero-order chi connectivity index (χ0) is 21.3. The van der Waals surface area contributed by atoms with Gasteiger partial charge in [-0.25, -0.2) is 19.1 Å². The van der Waals surface area contributed by atoms with E-state index < -0.39 is 23.5 Å². The van der Waals surface area contributed by atoms with Crippen molar-refractivity contribution in [2.45, 2.75) is 6.54 Å². The molecule has 150 valence electrons. The van der Waals surface area contributed by atoms with Crippen LogP contribution < -0.4 is 11.3 Å². The Hall–Kier alpha value is -3.73. The minimum atomic E-state index is -1.33. The molecule has 0 aliphatic heterocycles. The summed E-state index contributed by atoms with van der Waals surface area (Å²) in [7, 11) is 2.30. The Labute approximate surface area is 167 Å². The molecule has 1 aromatic carbocycles. The number of fused-ring (bicyclic) bond motifs is 1. The summed E-state index contributed by atoms with van der Waals surface area (Å²) in [4.78, 5) is 48.8. The van der Waals surface area contributed by atoms with Gasteiger partial charge in [0.25, 0.3) is 5.56 Å². The van der Waals surface area contributed by atoms with Crippen LogP contribution in [0.4, 0.5) is 5.00 Å². The van der Waals surface area contributed by atoms with Crippen molar-refractivity contribution in [3.63, 3.8) is 0 Å². The minimum absolute atomic E-state index is 0.000420. The standard InChI is InChI=1S/C18H15N3O7S/c1-27-17(25)11-10(13(18(26)28-2)29-14(11)19)7-21-15(22)9-6-4-3-5-8(9)12(20-21)16(23)24/h3-6H,7,19H2,1-2H3,(H,23,24). The van der Waals surface area contributed by atoms with Crippen LogP contribution >= 0.6 is 11.3 Å². The number of hydrogen-bond acceptors (Lipinski definition) is 9. The van der Waals surface area contributed by atoms with Crippen molar-refractivity contribution in [1.29, 1.82) is 0 Å². The molecule has 3 aromatic rings. The number of hydrogen-bond donors (Lipinski definition) is 2. The summed E-state index contributed by atoms with van der Waals surface area (Å²) in [5.74, 6) is -2.91. The van der Waals surface area contributed by atoms with Gasteiger partial charge in [0.05, 0.1) is 31.7 Å². The summed E-state index contributed by atoms with van der Waals surface area (Å²) in [5, 5.41) is 13.7. The van der Waals surface area contributed by atoms with E-state index in [4.69, 9.17) is 15.2 Å². The van der Waals surface area contributed by atoms with Crippen LogP contribution in [0.3, 0.4) is 0 Å². The maximum atomic E-state index is 12.9. The number of nitrogens with zero attached hydrogens (tertiary/aromatic N) is 2. The highest BCUT2D eigenvalue weighted by Gasteiger charge is 2.28. The summed E-state index contributed by atoms with van der Waals surface area (Å²) < 4.78 is 10.3. The monoisotopic (exact) mass is 417 g/mol. The molecular formula is C18H15N3O7S. The van der Waals surface area contributed by atoms with E-state index >= 15 is 0 Å². The van der Waals surface area contributed by atoms with E-state index in [1.807, 2.05) is 0 Å². The van der Waals surface area contributed by atoms with Crippen molar-refractivity contribution in [1.82, 2.24) is 9.78 Å². The molecular weight excluding hydrogens is 402 g/mol. The van der Waals surface area contributed by atoms with Gasteiger partial charge < -0.3 is 20.3 Å². The lowest BCUT2D eigenvalue weighted by molar-refractivity contribution is 0.0599. The molecule has 0 unspecified atom stereocenters. The second kappa shape index (κ2) is 7.72. The van der Waals surface area contributed by atoms with Crippen molar-refractivity contribution in [2.24, 2.45) is 0 Å². The predicted molar refractivity (Wildman–Crippen MR) is 103 cm³/mol. The predicted octanol–water partition coefficient (Wildman–Crippen LogP) is 1.36. The van der Waals surface area contributed by atoms with Crippen LogP contribution in [0.5, 0.6) is 0 Å². The minimum Gasteiger partial charge on any atom is -0.476 e. The molecule has 0 aliphatic rings. The van der Waals surface area contributed by atoms with Crippen LogP contribution in [0.2, 0.25) is 0 Å². The van der Waals surface area contributed by atoms with Gasteiger partial charge in [0.2, 0.25) is 0 Å². The summed E-state index contributed by atoms with van der Waals surface area (Å²) in [5.41, 5.74) is 4.90. The van der Waals surface area contributed by atoms with Crippen LogP contribution in [0.15, 0.2) is 29.1 Å². The molecule has 0 saturated carbocycles. The molecule has 29 heavy (non-hydrogen) atoms. The van der Waals surface area contributed by atoms with Crippen molar-refractivity contribution >= 4 is 45.0 Å².